The Morgan fingerprint density at radius 2 is 1.67 bits per heavy atom. The quantitative estimate of drug-likeness (QED) is 0.109. The first kappa shape index (κ1) is 44.0. The van der Waals surface area contributed by atoms with Gasteiger partial charge in [0.05, 0.1) is 32.5 Å². The van der Waals surface area contributed by atoms with Crippen molar-refractivity contribution in [1.29, 1.82) is 0 Å². The molecule has 9 rings (SSSR count). The number of imide groups is 2. The number of anilines is 2. The molecule has 4 fully saturated rings. The Balaban J connectivity index is 0.752. The molecule has 3 atom stereocenters. The van der Waals surface area contributed by atoms with Crippen LogP contribution in [0.1, 0.15) is 137 Å². The molecule has 3 unspecified atom stereocenters. The summed E-state index contributed by atoms with van der Waals surface area (Å²) in [5.74, 6) is -1.81. The van der Waals surface area contributed by atoms with Gasteiger partial charge < -0.3 is 20.6 Å². The summed E-state index contributed by atoms with van der Waals surface area (Å²) in [6.45, 7) is 7.42. The summed E-state index contributed by atoms with van der Waals surface area (Å²) in [6, 6.07) is 11.1. The standard InChI is InChI=1S/C47H52F3N7O6S/c1-25(26(2)58)31-19-35-37(20-34(31)53-41(60)33-7-4-8-38(52-33)47(48,49)50)64-43(54-35)29-11-9-27(10-12-29)24-56-17-15-46(16-18-56)21-28(22-46)23-51-32-6-3-5-30-40(32)45(63)57(44(30)62)36-13-14-39(59)55-42(36)61/h3-8,19-20,25-29,36,51,58H,9-18,21-24H2,1-2H3,(H,53,60)(H,55,59,61). The summed E-state index contributed by atoms with van der Waals surface area (Å²) in [6.07, 6.45) is 3.58. The van der Waals surface area contributed by atoms with E-state index in [4.69, 9.17) is 4.98 Å². The number of alkyl halides is 3. The number of likely N-dealkylation sites (tertiary alicyclic amines) is 1. The molecule has 64 heavy (non-hydrogen) atoms. The number of aromatic nitrogens is 2. The lowest BCUT2D eigenvalue weighted by Crippen LogP contribution is -2.54. The van der Waals surface area contributed by atoms with Crippen molar-refractivity contribution in [2.75, 3.05) is 36.8 Å². The molecule has 17 heteroatoms. The summed E-state index contributed by atoms with van der Waals surface area (Å²) < 4.78 is 40.8. The zero-order chi connectivity index (χ0) is 45.1. The van der Waals surface area contributed by atoms with E-state index in [0.29, 0.717) is 52.2 Å². The Morgan fingerprint density at radius 1 is 0.938 bits per heavy atom. The van der Waals surface area contributed by atoms with E-state index in [1.54, 1.807) is 30.4 Å². The maximum Gasteiger partial charge on any atom is 0.433 e. The molecule has 4 N–H and O–H groups in total. The smallest absolute Gasteiger partial charge is 0.393 e. The van der Waals surface area contributed by atoms with Crippen LogP contribution in [-0.4, -0.2) is 92.7 Å². The molecular weight excluding hydrogens is 848 g/mol. The molecule has 2 aromatic carbocycles. The number of aliphatic hydroxyl groups is 1. The first-order chi connectivity index (χ1) is 30.6. The van der Waals surface area contributed by atoms with Gasteiger partial charge in [-0.1, -0.05) is 19.1 Å². The van der Waals surface area contributed by atoms with Gasteiger partial charge in [0.2, 0.25) is 11.8 Å². The van der Waals surface area contributed by atoms with Crippen LogP contribution >= 0.6 is 11.3 Å². The van der Waals surface area contributed by atoms with E-state index in [9.17, 15) is 42.3 Å². The Bertz CT molecular complexity index is 2500. The van der Waals surface area contributed by atoms with Crippen LogP contribution in [0.5, 0.6) is 0 Å². The summed E-state index contributed by atoms with van der Waals surface area (Å²) in [4.78, 5) is 76.3. The van der Waals surface area contributed by atoms with Gasteiger partial charge in [0.25, 0.3) is 17.7 Å². The number of hydrogen-bond acceptors (Lipinski definition) is 11. The molecule has 0 bridgehead atoms. The number of aliphatic hydroxyl groups excluding tert-OH is 1. The molecule has 13 nitrogen and oxygen atoms in total. The monoisotopic (exact) mass is 899 g/mol. The topological polar surface area (TPSA) is 174 Å². The molecule has 0 radical (unpaired) electrons. The van der Waals surface area contributed by atoms with Crippen molar-refractivity contribution in [2.45, 2.75) is 108 Å². The molecular formula is C47H52F3N7O6S. The van der Waals surface area contributed by atoms with Crippen LogP contribution < -0.4 is 16.0 Å². The van der Waals surface area contributed by atoms with Crippen LogP contribution in [-0.2, 0) is 15.8 Å². The lowest BCUT2D eigenvalue weighted by atomic mass is 9.57. The molecule has 5 heterocycles. The first-order valence-electron chi connectivity index (χ1n) is 22.3. The third-order valence-electron chi connectivity index (χ3n) is 14.4. The van der Waals surface area contributed by atoms with Crippen LogP contribution in [0.4, 0.5) is 24.5 Å². The van der Waals surface area contributed by atoms with Crippen LogP contribution in [0.15, 0.2) is 48.5 Å². The second-order valence-corrected chi connectivity index (χ2v) is 19.8. The number of pyridine rings is 1. The number of amides is 5. The molecule has 2 saturated heterocycles. The van der Waals surface area contributed by atoms with E-state index in [-0.39, 0.29) is 30.0 Å². The Morgan fingerprint density at radius 3 is 2.38 bits per heavy atom. The highest BCUT2D eigenvalue weighted by Crippen LogP contribution is 2.53. The van der Waals surface area contributed by atoms with Gasteiger partial charge in [-0.25, -0.2) is 9.97 Å². The summed E-state index contributed by atoms with van der Waals surface area (Å²) in [5.41, 5.74) is 1.84. The van der Waals surface area contributed by atoms with Gasteiger partial charge >= 0.3 is 6.18 Å². The second kappa shape index (κ2) is 17.3. The number of carbonyl (C=O) groups excluding carboxylic acids is 5. The SMILES string of the molecule is CC(O)C(C)c1cc2nc(C3CCC(CN4CCC5(CC4)CC(CNc4cccc6c4C(=O)N(C4CCC(=O)NC4=O)C6=O)C5)CC3)sc2cc1NC(=O)c1cccc(C(F)(F)F)n1. The number of benzene rings is 2. The summed E-state index contributed by atoms with van der Waals surface area (Å²) in [5, 5.41) is 20.0. The van der Waals surface area contributed by atoms with E-state index in [1.807, 2.05) is 25.1 Å². The maximum atomic E-state index is 13.5. The fourth-order valence-corrected chi connectivity index (χ4v) is 11.8. The Kier molecular flexibility index (Phi) is 11.9. The molecule has 338 valence electrons. The van der Waals surface area contributed by atoms with Crippen molar-refractivity contribution in [1.82, 2.24) is 25.1 Å². The van der Waals surface area contributed by atoms with Gasteiger partial charge in [-0.05, 0) is 137 Å². The minimum absolute atomic E-state index is 0.0771. The number of thiazole rings is 1. The number of nitrogens with one attached hydrogen (secondary N) is 3. The Hall–Kier alpha value is -5.26. The molecule has 1 spiro atoms. The van der Waals surface area contributed by atoms with Gasteiger partial charge in [-0.15, -0.1) is 11.3 Å². The normalized spacial score (nSPS) is 23.8. The number of rotatable bonds is 11. The van der Waals surface area contributed by atoms with Crippen molar-refractivity contribution in [3.63, 3.8) is 0 Å². The zero-order valence-electron chi connectivity index (χ0n) is 35.8. The molecule has 5 amide bonds. The highest BCUT2D eigenvalue weighted by molar-refractivity contribution is 7.18. The minimum atomic E-state index is -4.68. The molecule has 2 aromatic heterocycles. The summed E-state index contributed by atoms with van der Waals surface area (Å²) in [7, 11) is 0. The van der Waals surface area contributed by atoms with Crippen LogP contribution in [0, 0.1) is 17.3 Å². The molecule has 4 aromatic rings. The van der Waals surface area contributed by atoms with Crippen LogP contribution in [0.3, 0.4) is 0 Å². The van der Waals surface area contributed by atoms with Crippen molar-refractivity contribution >= 4 is 62.5 Å². The molecule has 3 aliphatic heterocycles. The highest BCUT2D eigenvalue weighted by atomic mass is 32.1. The predicted octanol–water partition coefficient (Wildman–Crippen LogP) is 7.73. The van der Waals surface area contributed by atoms with Gasteiger partial charge in [0.1, 0.15) is 17.4 Å². The minimum Gasteiger partial charge on any atom is -0.393 e. The molecule has 2 aliphatic carbocycles. The van der Waals surface area contributed by atoms with E-state index in [0.717, 1.165) is 103 Å². The predicted molar refractivity (Wildman–Crippen MR) is 234 cm³/mol. The maximum absolute atomic E-state index is 13.5. The third kappa shape index (κ3) is 8.65. The van der Waals surface area contributed by atoms with Gasteiger partial charge in [0.15, 0.2) is 0 Å². The number of carbonyl (C=O) groups is 5. The lowest BCUT2D eigenvalue weighted by molar-refractivity contribution is -0.141. The average molecular weight is 900 g/mol. The second-order valence-electron chi connectivity index (χ2n) is 18.7. The van der Waals surface area contributed by atoms with Gasteiger partial charge in [0, 0.05) is 42.7 Å². The lowest BCUT2D eigenvalue weighted by Gasteiger charge is -2.53. The van der Waals surface area contributed by atoms with Crippen LogP contribution in [0.25, 0.3) is 10.2 Å². The summed E-state index contributed by atoms with van der Waals surface area (Å²) >= 11 is 1.58. The molecule has 5 aliphatic rings. The van der Waals surface area contributed by atoms with E-state index in [1.165, 1.54) is 6.07 Å². The van der Waals surface area contributed by atoms with Gasteiger partial charge in [-0.3, -0.25) is 34.2 Å². The largest absolute Gasteiger partial charge is 0.433 e. The number of hydrogen-bond donors (Lipinski definition) is 4. The van der Waals surface area contributed by atoms with Crippen molar-refractivity contribution < 1.29 is 42.3 Å². The van der Waals surface area contributed by atoms with Crippen molar-refractivity contribution in [3.05, 3.63) is 81.6 Å². The zero-order valence-corrected chi connectivity index (χ0v) is 36.6. The fourth-order valence-electron chi connectivity index (χ4n) is 10.6. The first-order valence-corrected chi connectivity index (χ1v) is 23.2. The van der Waals surface area contributed by atoms with Crippen molar-refractivity contribution in [2.24, 2.45) is 17.3 Å². The van der Waals surface area contributed by atoms with Crippen molar-refractivity contribution in [3.8, 4) is 0 Å². The van der Waals surface area contributed by atoms with E-state index < -0.39 is 53.6 Å². The van der Waals surface area contributed by atoms with Crippen LogP contribution in [0.2, 0.25) is 0 Å². The fraction of sp³-hybridized carbons (Fsp3) is 0.511. The number of piperidine rings is 2. The number of fused-ring (bicyclic) bond motifs is 2. The third-order valence-corrected chi connectivity index (χ3v) is 15.6. The Labute approximate surface area is 372 Å². The highest BCUT2D eigenvalue weighted by Gasteiger charge is 2.48. The van der Waals surface area contributed by atoms with E-state index >= 15 is 0 Å². The van der Waals surface area contributed by atoms with Gasteiger partial charge in [-0.2, -0.15) is 13.2 Å². The van der Waals surface area contributed by atoms with E-state index in [2.05, 4.69) is 25.8 Å². The number of nitrogens with zero attached hydrogens (tertiary/aromatic N) is 4. The average Bonchev–Trinajstić information content (AvgIpc) is 3.79. The number of halogens is 3. The molecule has 2 saturated carbocycles.